The van der Waals surface area contributed by atoms with E-state index >= 15 is 0 Å². The Bertz CT molecular complexity index is 247. The minimum Gasteiger partial charge on any atom is -1.00 e. The van der Waals surface area contributed by atoms with Crippen molar-refractivity contribution in [1.82, 2.24) is 0 Å². The molecule has 0 rings (SSSR count). The van der Waals surface area contributed by atoms with Crippen molar-refractivity contribution in [3.8, 4) is 0 Å². The van der Waals surface area contributed by atoms with Crippen molar-refractivity contribution in [3.05, 3.63) is 0 Å². The molecule has 0 aliphatic heterocycles. The van der Waals surface area contributed by atoms with E-state index in [1.807, 2.05) is 41.9 Å². The number of esters is 1. The highest BCUT2D eigenvalue weighted by Crippen LogP contribution is 2.06. The standard InChI is InChI=1S/C12H27N2O3.BrH/c1-12(2,3)17-9-10(13)11(15)16-8-7-14(4,5)6;/h10H,7-9,13H2,1-6H3;1H/q+1;/p-1/t10-;/m0./s1. The zero-order chi connectivity index (χ0) is 13.7. The summed E-state index contributed by atoms with van der Waals surface area (Å²) >= 11 is 0. The van der Waals surface area contributed by atoms with Crippen molar-refractivity contribution >= 4 is 5.97 Å². The summed E-state index contributed by atoms with van der Waals surface area (Å²) in [7, 11) is 6.11. The van der Waals surface area contributed by atoms with E-state index in [-0.39, 0.29) is 29.2 Å². The molecule has 0 radical (unpaired) electrons. The third-order valence-corrected chi connectivity index (χ3v) is 2.01. The molecule has 0 spiro atoms. The largest absolute Gasteiger partial charge is 1.00 e. The van der Waals surface area contributed by atoms with E-state index in [4.69, 9.17) is 15.2 Å². The molecule has 18 heavy (non-hydrogen) atoms. The molecule has 0 aromatic heterocycles. The third-order valence-electron chi connectivity index (χ3n) is 2.01. The highest BCUT2D eigenvalue weighted by atomic mass is 79.9. The zero-order valence-corrected chi connectivity index (χ0v) is 13.9. The highest BCUT2D eigenvalue weighted by molar-refractivity contribution is 5.75. The van der Waals surface area contributed by atoms with Gasteiger partial charge in [-0.05, 0) is 20.8 Å². The second-order valence-electron chi connectivity index (χ2n) is 6.21. The number of carbonyl (C=O) groups is 1. The maximum Gasteiger partial charge on any atom is 0.325 e. The second-order valence-corrected chi connectivity index (χ2v) is 6.21. The van der Waals surface area contributed by atoms with Crippen molar-refractivity contribution < 1.29 is 35.7 Å². The number of ether oxygens (including phenoxy) is 2. The molecule has 0 saturated heterocycles. The molecule has 2 N–H and O–H groups in total. The molecule has 1 atom stereocenters. The van der Waals surface area contributed by atoms with E-state index < -0.39 is 12.0 Å². The molecule has 0 saturated carbocycles. The van der Waals surface area contributed by atoms with Crippen LogP contribution >= 0.6 is 0 Å². The number of rotatable bonds is 6. The molecule has 0 unspecified atom stereocenters. The third kappa shape index (κ3) is 12.3. The van der Waals surface area contributed by atoms with Gasteiger partial charge in [-0.25, -0.2) is 0 Å². The van der Waals surface area contributed by atoms with Gasteiger partial charge in [-0.3, -0.25) is 4.79 Å². The van der Waals surface area contributed by atoms with Gasteiger partial charge in [0, 0.05) is 0 Å². The van der Waals surface area contributed by atoms with Gasteiger partial charge in [0.1, 0.15) is 19.2 Å². The molecule has 0 aromatic rings. The number of carbonyl (C=O) groups excluding carboxylic acids is 1. The predicted molar refractivity (Wildman–Crippen MR) is 67.5 cm³/mol. The number of hydrogen-bond acceptors (Lipinski definition) is 4. The lowest BCUT2D eigenvalue weighted by molar-refractivity contribution is -0.870. The molecule has 0 amide bonds. The minimum atomic E-state index is -0.707. The van der Waals surface area contributed by atoms with Crippen molar-refractivity contribution in [1.29, 1.82) is 0 Å². The Morgan fingerprint density at radius 2 is 1.78 bits per heavy atom. The van der Waals surface area contributed by atoms with Gasteiger partial charge in [-0.15, -0.1) is 0 Å². The first-order valence-corrected chi connectivity index (χ1v) is 5.88. The first kappa shape index (κ1) is 20.2. The fourth-order valence-corrected chi connectivity index (χ4v) is 0.935. The van der Waals surface area contributed by atoms with Crippen molar-refractivity contribution in [2.24, 2.45) is 5.73 Å². The van der Waals surface area contributed by atoms with Gasteiger partial charge in [0.15, 0.2) is 0 Å². The molecule has 0 heterocycles. The molecular weight excluding hydrogens is 300 g/mol. The molecule has 0 aromatic carbocycles. The average Bonchev–Trinajstić information content (AvgIpc) is 2.10. The number of likely N-dealkylation sites (N-methyl/N-ethyl adjacent to an activating group) is 1. The number of halogens is 1. The van der Waals surface area contributed by atoms with Crippen LogP contribution in [-0.2, 0) is 14.3 Å². The van der Waals surface area contributed by atoms with Crippen LogP contribution in [0.25, 0.3) is 0 Å². The zero-order valence-electron chi connectivity index (χ0n) is 12.3. The first-order valence-electron chi connectivity index (χ1n) is 5.88. The van der Waals surface area contributed by atoms with E-state index in [2.05, 4.69) is 0 Å². The Labute approximate surface area is 121 Å². The molecule has 0 aliphatic rings. The lowest BCUT2D eigenvalue weighted by Gasteiger charge is -2.24. The molecule has 0 aliphatic carbocycles. The van der Waals surface area contributed by atoms with E-state index in [0.717, 1.165) is 11.0 Å². The molecule has 0 fully saturated rings. The van der Waals surface area contributed by atoms with Crippen LogP contribution in [0, 0.1) is 0 Å². The fourth-order valence-electron chi connectivity index (χ4n) is 0.935. The van der Waals surface area contributed by atoms with Crippen LogP contribution in [0.1, 0.15) is 20.8 Å². The molecule has 0 bridgehead atoms. The summed E-state index contributed by atoms with van der Waals surface area (Å²) in [6.07, 6.45) is 0. The second kappa shape index (κ2) is 8.09. The summed E-state index contributed by atoms with van der Waals surface area (Å²) < 4.78 is 11.3. The maximum absolute atomic E-state index is 11.5. The molecular formula is C12H27BrN2O3. The van der Waals surface area contributed by atoms with E-state index in [1.54, 1.807) is 0 Å². The Balaban J connectivity index is 0. The van der Waals surface area contributed by atoms with E-state index in [9.17, 15) is 4.79 Å². The monoisotopic (exact) mass is 326 g/mol. The van der Waals surface area contributed by atoms with Crippen LogP contribution in [0.5, 0.6) is 0 Å². The lowest BCUT2D eigenvalue weighted by atomic mass is 10.2. The van der Waals surface area contributed by atoms with Gasteiger partial charge in [0.2, 0.25) is 0 Å². The minimum absolute atomic E-state index is 0. The number of quaternary nitrogens is 1. The lowest BCUT2D eigenvalue weighted by Crippen LogP contribution is -3.00. The first-order chi connectivity index (χ1) is 7.51. The summed E-state index contributed by atoms with van der Waals surface area (Å²) in [5.41, 5.74) is 5.38. The Kier molecular flexibility index (Phi) is 9.06. The van der Waals surface area contributed by atoms with E-state index in [0.29, 0.717) is 6.61 Å². The van der Waals surface area contributed by atoms with Crippen molar-refractivity contribution in [2.75, 3.05) is 40.9 Å². The Hall–Kier alpha value is -0.170. The molecule has 5 nitrogen and oxygen atoms in total. The topological polar surface area (TPSA) is 61.5 Å². The highest BCUT2D eigenvalue weighted by Gasteiger charge is 2.20. The van der Waals surface area contributed by atoms with Crippen LogP contribution in [0.2, 0.25) is 0 Å². The van der Waals surface area contributed by atoms with Gasteiger partial charge >= 0.3 is 5.97 Å². The van der Waals surface area contributed by atoms with Crippen LogP contribution in [0.4, 0.5) is 0 Å². The SMILES string of the molecule is CC(C)(C)OC[C@H](N)C(=O)OCC[N+](C)(C)C.[Br-]. The van der Waals surface area contributed by atoms with Crippen LogP contribution in [0.3, 0.4) is 0 Å². The van der Waals surface area contributed by atoms with Gasteiger partial charge in [-0.1, -0.05) is 0 Å². The normalized spacial score (nSPS) is 13.7. The number of nitrogens with zero attached hydrogens (tertiary/aromatic N) is 1. The van der Waals surface area contributed by atoms with Gasteiger partial charge in [0.25, 0.3) is 0 Å². The average molecular weight is 327 g/mol. The summed E-state index contributed by atoms with van der Waals surface area (Å²) in [5.74, 6) is -0.400. The van der Waals surface area contributed by atoms with Crippen LogP contribution in [0.15, 0.2) is 0 Å². The Morgan fingerprint density at radius 3 is 2.17 bits per heavy atom. The van der Waals surface area contributed by atoms with Gasteiger partial charge in [0.05, 0.1) is 33.4 Å². The predicted octanol–water partition coefficient (Wildman–Crippen LogP) is -2.62. The number of hydrogen-bond donors (Lipinski definition) is 1. The van der Waals surface area contributed by atoms with Crippen LogP contribution in [-0.4, -0.2) is 63.0 Å². The quantitative estimate of drug-likeness (QED) is 0.429. The number of nitrogens with two attached hydrogens (primary N) is 1. The maximum atomic E-state index is 11.5. The summed E-state index contributed by atoms with van der Waals surface area (Å²) in [6.45, 7) is 7.09. The fraction of sp³-hybridized carbons (Fsp3) is 0.917. The summed E-state index contributed by atoms with van der Waals surface area (Å²) in [5, 5.41) is 0. The van der Waals surface area contributed by atoms with Gasteiger partial charge < -0.3 is 36.7 Å². The Morgan fingerprint density at radius 1 is 1.28 bits per heavy atom. The smallest absolute Gasteiger partial charge is 0.325 e. The van der Waals surface area contributed by atoms with Gasteiger partial charge in [-0.2, -0.15) is 0 Å². The molecule has 6 heteroatoms. The summed E-state index contributed by atoms with van der Waals surface area (Å²) in [6, 6.07) is -0.707. The van der Waals surface area contributed by atoms with Crippen LogP contribution < -0.4 is 22.7 Å². The van der Waals surface area contributed by atoms with Crippen molar-refractivity contribution in [3.63, 3.8) is 0 Å². The summed E-state index contributed by atoms with van der Waals surface area (Å²) in [4.78, 5) is 11.5. The van der Waals surface area contributed by atoms with E-state index in [1.165, 1.54) is 0 Å². The van der Waals surface area contributed by atoms with Crippen molar-refractivity contribution in [2.45, 2.75) is 32.4 Å². The molecule has 110 valence electrons.